The van der Waals surface area contributed by atoms with Crippen molar-refractivity contribution < 1.29 is 4.39 Å². The molecule has 0 amide bonds. The SMILES string of the molecule is CC(Nc1cc(Cl)c(F)c(Cl)c1)c1cccc(Cl)c1. The Morgan fingerprint density at radius 3 is 2.26 bits per heavy atom. The summed E-state index contributed by atoms with van der Waals surface area (Å²) in [5.74, 6) is -0.607. The van der Waals surface area contributed by atoms with Crippen molar-refractivity contribution in [1.82, 2.24) is 0 Å². The van der Waals surface area contributed by atoms with E-state index in [9.17, 15) is 4.39 Å². The highest BCUT2D eigenvalue weighted by molar-refractivity contribution is 6.35. The van der Waals surface area contributed by atoms with Gasteiger partial charge in [0.25, 0.3) is 0 Å². The van der Waals surface area contributed by atoms with Crippen LogP contribution in [0.15, 0.2) is 36.4 Å². The topological polar surface area (TPSA) is 12.0 Å². The van der Waals surface area contributed by atoms with Crippen molar-refractivity contribution in [2.75, 3.05) is 5.32 Å². The summed E-state index contributed by atoms with van der Waals surface area (Å²) in [6.07, 6.45) is 0. The zero-order valence-electron chi connectivity index (χ0n) is 10.1. The van der Waals surface area contributed by atoms with Crippen molar-refractivity contribution in [2.45, 2.75) is 13.0 Å². The van der Waals surface area contributed by atoms with E-state index in [0.717, 1.165) is 5.56 Å². The Kier molecular flexibility index (Phi) is 4.56. The number of rotatable bonds is 3. The molecule has 0 radical (unpaired) electrons. The van der Waals surface area contributed by atoms with Crippen LogP contribution in [-0.4, -0.2) is 0 Å². The maximum atomic E-state index is 13.3. The van der Waals surface area contributed by atoms with Crippen molar-refractivity contribution in [3.05, 3.63) is 62.8 Å². The third kappa shape index (κ3) is 3.53. The van der Waals surface area contributed by atoms with Gasteiger partial charge in [-0.05, 0) is 36.8 Å². The molecule has 2 aromatic carbocycles. The quantitative estimate of drug-likeness (QED) is 0.689. The van der Waals surface area contributed by atoms with E-state index in [2.05, 4.69) is 5.32 Å². The van der Waals surface area contributed by atoms with E-state index in [4.69, 9.17) is 34.8 Å². The summed E-state index contributed by atoms with van der Waals surface area (Å²) in [5.41, 5.74) is 1.67. The number of benzene rings is 2. The lowest BCUT2D eigenvalue weighted by atomic mass is 10.1. The van der Waals surface area contributed by atoms with Crippen LogP contribution in [0.25, 0.3) is 0 Å². The summed E-state index contributed by atoms with van der Waals surface area (Å²) >= 11 is 17.5. The second kappa shape index (κ2) is 6.00. The molecule has 100 valence electrons. The highest BCUT2D eigenvalue weighted by Crippen LogP contribution is 2.29. The highest BCUT2D eigenvalue weighted by atomic mass is 35.5. The molecule has 0 fully saturated rings. The first-order chi connectivity index (χ1) is 8.97. The van der Waals surface area contributed by atoms with Crippen LogP contribution < -0.4 is 5.32 Å². The first kappa shape index (κ1) is 14.4. The van der Waals surface area contributed by atoms with Gasteiger partial charge in [-0.1, -0.05) is 46.9 Å². The van der Waals surface area contributed by atoms with Crippen molar-refractivity contribution in [1.29, 1.82) is 0 Å². The van der Waals surface area contributed by atoms with Crippen LogP contribution in [0, 0.1) is 5.82 Å². The van der Waals surface area contributed by atoms with Gasteiger partial charge in [-0.25, -0.2) is 4.39 Å². The zero-order valence-corrected chi connectivity index (χ0v) is 12.3. The molecule has 5 heteroatoms. The number of hydrogen-bond acceptors (Lipinski definition) is 1. The van der Waals surface area contributed by atoms with E-state index < -0.39 is 5.82 Å². The summed E-state index contributed by atoms with van der Waals surface area (Å²) in [4.78, 5) is 0. The Bertz CT molecular complexity index is 578. The average Bonchev–Trinajstić information content (AvgIpc) is 2.36. The smallest absolute Gasteiger partial charge is 0.160 e. The van der Waals surface area contributed by atoms with Crippen molar-refractivity contribution in [3.63, 3.8) is 0 Å². The van der Waals surface area contributed by atoms with Gasteiger partial charge in [0.15, 0.2) is 5.82 Å². The zero-order chi connectivity index (χ0) is 14.0. The molecule has 2 rings (SSSR count). The molecule has 0 aliphatic heterocycles. The first-order valence-electron chi connectivity index (χ1n) is 5.64. The molecule has 0 saturated heterocycles. The third-order valence-corrected chi connectivity index (χ3v) is 3.50. The van der Waals surface area contributed by atoms with E-state index >= 15 is 0 Å². The molecule has 1 N–H and O–H groups in total. The molecule has 1 unspecified atom stereocenters. The second-order valence-corrected chi connectivity index (χ2v) is 5.43. The van der Waals surface area contributed by atoms with Crippen molar-refractivity contribution >= 4 is 40.5 Å². The number of anilines is 1. The minimum atomic E-state index is -0.607. The van der Waals surface area contributed by atoms with Crippen LogP contribution in [0.1, 0.15) is 18.5 Å². The van der Waals surface area contributed by atoms with Crippen molar-refractivity contribution in [3.8, 4) is 0 Å². The first-order valence-corrected chi connectivity index (χ1v) is 6.77. The molecule has 0 saturated carbocycles. The van der Waals surface area contributed by atoms with Gasteiger partial charge in [0, 0.05) is 16.8 Å². The largest absolute Gasteiger partial charge is 0.378 e. The number of hydrogen-bond donors (Lipinski definition) is 1. The monoisotopic (exact) mass is 317 g/mol. The molecular weight excluding hydrogens is 308 g/mol. The molecule has 0 heterocycles. The van der Waals surface area contributed by atoms with Crippen LogP contribution in [-0.2, 0) is 0 Å². The Morgan fingerprint density at radius 2 is 1.68 bits per heavy atom. The molecule has 1 nitrogen and oxygen atoms in total. The second-order valence-electron chi connectivity index (χ2n) is 4.17. The Hall–Kier alpha value is -0.960. The molecule has 0 aromatic heterocycles. The van der Waals surface area contributed by atoms with E-state index in [0.29, 0.717) is 10.7 Å². The molecule has 0 spiro atoms. The van der Waals surface area contributed by atoms with E-state index in [1.807, 2.05) is 31.2 Å². The molecule has 2 aromatic rings. The van der Waals surface area contributed by atoms with Gasteiger partial charge in [-0.2, -0.15) is 0 Å². The third-order valence-electron chi connectivity index (χ3n) is 2.72. The molecular formula is C14H11Cl3FN. The van der Waals surface area contributed by atoms with Gasteiger partial charge < -0.3 is 5.32 Å². The lowest BCUT2D eigenvalue weighted by Gasteiger charge is -2.16. The predicted octanol–water partition coefficient (Wildman–Crippen LogP) is 5.96. The fourth-order valence-corrected chi connectivity index (χ4v) is 2.43. The molecule has 0 aliphatic rings. The normalized spacial score (nSPS) is 12.3. The van der Waals surface area contributed by atoms with Gasteiger partial charge in [0.05, 0.1) is 10.0 Å². The number of nitrogens with one attached hydrogen (secondary N) is 1. The van der Waals surface area contributed by atoms with Gasteiger partial charge >= 0.3 is 0 Å². The van der Waals surface area contributed by atoms with Crippen LogP contribution in [0.4, 0.5) is 10.1 Å². The van der Waals surface area contributed by atoms with Gasteiger partial charge in [-0.3, -0.25) is 0 Å². The van der Waals surface area contributed by atoms with Crippen LogP contribution in [0.3, 0.4) is 0 Å². The summed E-state index contributed by atoms with van der Waals surface area (Å²) in [5, 5.41) is 3.86. The summed E-state index contributed by atoms with van der Waals surface area (Å²) in [6.45, 7) is 1.97. The Morgan fingerprint density at radius 1 is 1.05 bits per heavy atom. The van der Waals surface area contributed by atoms with Crippen LogP contribution in [0.2, 0.25) is 15.1 Å². The van der Waals surface area contributed by atoms with E-state index in [1.54, 1.807) is 0 Å². The predicted molar refractivity (Wildman–Crippen MR) is 79.9 cm³/mol. The minimum Gasteiger partial charge on any atom is -0.378 e. The summed E-state index contributed by atoms with van der Waals surface area (Å²) in [6, 6.07) is 10.5. The molecule has 0 aliphatic carbocycles. The lowest BCUT2D eigenvalue weighted by molar-refractivity contribution is 0.628. The maximum Gasteiger partial charge on any atom is 0.160 e. The van der Waals surface area contributed by atoms with E-state index in [-0.39, 0.29) is 16.1 Å². The fourth-order valence-electron chi connectivity index (χ4n) is 1.75. The Labute approximate surface area is 126 Å². The average molecular weight is 319 g/mol. The number of halogens is 4. The maximum absolute atomic E-state index is 13.3. The van der Waals surface area contributed by atoms with Crippen molar-refractivity contribution in [2.24, 2.45) is 0 Å². The van der Waals surface area contributed by atoms with Gasteiger partial charge in [-0.15, -0.1) is 0 Å². The molecule has 19 heavy (non-hydrogen) atoms. The summed E-state index contributed by atoms with van der Waals surface area (Å²) < 4.78 is 13.3. The van der Waals surface area contributed by atoms with Gasteiger partial charge in [0.1, 0.15) is 0 Å². The fraction of sp³-hybridized carbons (Fsp3) is 0.143. The van der Waals surface area contributed by atoms with Crippen LogP contribution >= 0.6 is 34.8 Å². The highest BCUT2D eigenvalue weighted by Gasteiger charge is 2.10. The Balaban J connectivity index is 2.21. The molecule has 0 bridgehead atoms. The minimum absolute atomic E-state index is 0.00343. The summed E-state index contributed by atoms with van der Waals surface area (Å²) in [7, 11) is 0. The van der Waals surface area contributed by atoms with E-state index in [1.165, 1.54) is 12.1 Å². The van der Waals surface area contributed by atoms with Crippen LogP contribution in [0.5, 0.6) is 0 Å². The lowest BCUT2D eigenvalue weighted by Crippen LogP contribution is -2.06. The molecule has 1 atom stereocenters. The van der Waals surface area contributed by atoms with Gasteiger partial charge in [0.2, 0.25) is 0 Å². The standard InChI is InChI=1S/C14H11Cl3FN/c1-8(9-3-2-4-10(15)5-9)19-11-6-12(16)14(18)13(17)7-11/h2-8,19H,1H3.